The van der Waals surface area contributed by atoms with E-state index in [-0.39, 0.29) is 6.03 Å². The Morgan fingerprint density at radius 1 is 1.60 bits per heavy atom. The molecule has 0 aliphatic carbocycles. The zero-order valence-corrected chi connectivity index (χ0v) is 8.87. The van der Waals surface area contributed by atoms with Crippen LogP contribution in [0.5, 0.6) is 0 Å². The molecule has 15 heavy (non-hydrogen) atoms. The molecular formula is C9H15N3O3. The van der Waals surface area contributed by atoms with Gasteiger partial charge in [0.25, 0.3) is 0 Å². The van der Waals surface area contributed by atoms with Gasteiger partial charge in [0.15, 0.2) is 5.76 Å². The van der Waals surface area contributed by atoms with Crippen LogP contribution in [0.3, 0.4) is 0 Å². The number of urea groups is 1. The van der Waals surface area contributed by atoms with Crippen LogP contribution in [0.15, 0.2) is 10.6 Å². The molecule has 0 radical (unpaired) electrons. The van der Waals surface area contributed by atoms with Crippen LogP contribution in [0.4, 0.5) is 4.79 Å². The van der Waals surface area contributed by atoms with Gasteiger partial charge in [-0.05, 0) is 6.92 Å². The molecule has 2 amide bonds. The average molecular weight is 213 g/mol. The standard InChI is InChI=1S/C9H15N3O3/c1-7-5-8(15-12-7)6-11-9(13)10-3-4-14-2/h5H,3-4,6H2,1-2H3,(H2,10,11,13). The third kappa shape index (κ3) is 4.46. The van der Waals surface area contributed by atoms with E-state index in [2.05, 4.69) is 15.8 Å². The summed E-state index contributed by atoms with van der Waals surface area (Å²) in [5.41, 5.74) is 0.798. The van der Waals surface area contributed by atoms with E-state index in [0.717, 1.165) is 5.69 Å². The molecule has 0 saturated heterocycles. The van der Waals surface area contributed by atoms with Gasteiger partial charge in [0.1, 0.15) is 0 Å². The van der Waals surface area contributed by atoms with E-state index in [9.17, 15) is 4.79 Å². The summed E-state index contributed by atoms with van der Waals surface area (Å²) in [5, 5.41) is 8.96. The molecule has 0 fully saturated rings. The van der Waals surface area contributed by atoms with E-state index in [0.29, 0.717) is 25.5 Å². The Morgan fingerprint density at radius 3 is 3.00 bits per heavy atom. The molecule has 0 unspecified atom stereocenters. The predicted molar refractivity (Wildman–Crippen MR) is 53.4 cm³/mol. The van der Waals surface area contributed by atoms with E-state index >= 15 is 0 Å². The second-order valence-electron chi connectivity index (χ2n) is 3.04. The smallest absolute Gasteiger partial charge is 0.315 e. The summed E-state index contributed by atoms with van der Waals surface area (Å²) >= 11 is 0. The lowest BCUT2D eigenvalue weighted by Gasteiger charge is -2.04. The SMILES string of the molecule is COCCNC(=O)NCc1cc(C)no1. The van der Waals surface area contributed by atoms with Crippen molar-refractivity contribution in [2.24, 2.45) is 0 Å². The van der Waals surface area contributed by atoms with Crippen molar-refractivity contribution in [3.05, 3.63) is 17.5 Å². The zero-order valence-electron chi connectivity index (χ0n) is 8.87. The number of nitrogens with one attached hydrogen (secondary N) is 2. The number of methoxy groups -OCH3 is 1. The number of hydrogen-bond acceptors (Lipinski definition) is 4. The second kappa shape index (κ2) is 6.02. The van der Waals surface area contributed by atoms with Crippen LogP contribution in [0.1, 0.15) is 11.5 Å². The van der Waals surface area contributed by atoms with Crippen LogP contribution in [0.2, 0.25) is 0 Å². The van der Waals surface area contributed by atoms with Crippen LogP contribution in [-0.4, -0.2) is 31.4 Å². The van der Waals surface area contributed by atoms with Crippen molar-refractivity contribution in [3.63, 3.8) is 0 Å². The van der Waals surface area contributed by atoms with Crippen molar-refractivity contribution in [1.29, 1.82) is 0 Å². The van der Waals surface area contributed by atoms with Gasteiger partial charge in [0.2, 0.25) is 0 Å². The Kier molecular flexibility index (Phi) is 4.62. The summed E-state index contributed by atoms with van der Waals surface area (Å²) in [5.74, 6) is 0.634. The molecule has 0 saturated carbocycles. The molecule has 0 spiro atoms. The minimum atomic E-state index is -0.249. The third-order valence-corrected chi connectivity index (χ3v) is 1.69. The van der Waals surface area contributed by atoms with Crippen molar-refractivity contribution in [3.8, 4) is 0 Å². The molecule has 1 aromatic rings. The Balaban J connectivity index is 2.16. The lowest BCUT2D eigenvalue weighted by Crippen LogP contribution is -2.36. The maximum atomic E-state index is 11.2. The van der Waals surface area contributed by atoms with Crippen molar-refractivity contribution in [1.82, 2.24) is 15.8 Å². The van der Waals surface area contributed by atoms with Crippen LogP contribution in [-0.2, 0) is 11.3 Å². The highest BCUT2D eigenvalue weighted by Crippen LogP contribution is 2.00. The summed E-state index contributed by atoms with van der Waals surface area (Å²) in [6.45, 7) is 3.14. The summed E-state index contributed by atoms with van der Waals surface area (Å²) < 4.78 is 9.71. The molecule has 6 nitrogen and oxygen atoms in total. The molecular weight excluding hydrogens is 198 g/mol. The normalized spacial score (nSPS) is 10.0. The fourth-order valence-electron chi connectivity index (χ4n) is 0.996. The Bertz CT molecular complexity index is 311. The fourth-order valence-corrected chi connectivity index (χ4v) is 0.996. The molecule has 6 heteroatoms. The molecule has 2 N–H and O–H groups in total. The first-order valence-corrected chi connectivity index (χ1v) is 4.65. The number of amides is 2. The highest BCUT2D eigenvalue weighted by Gasteiger charge is 2.03. The van der Waals surface area contributed by atoms with Crippen molar-refractivity contribution in [2.45, 2.75) is 13.5 Å². The molecule has 0 aliphatic rings. The van der Waals surface area contributed by atoms with Crippen molar-refractivity contribution >= 4 is 6.03 Å². The van der Waals surface area contributed by atoms with Gasteiger partial charge in [0.05, 0.1) is 18.8 Å². The lowest BCUT2D eigenvalue weighted by atomic mass is 10.4. The summed E-state index contributed by atoms with van der Waals surface area (Å²) in [7, 11) is 1.58. The van der Waals surface area contributed by atoms with Gasteiger partial charge in [-0.15, -0.1) is 0 Å². The summed E-state index contributed by atoms with van der Waals surface area (Å²) in [4.78, 5) is 11.2. The minimum absolute atomic E-state index is 0.249. The third-order valence-electron chi connectivity index (χ3n) is 1.69. The Hall–Kier alpha value is -1.56. The van der Waals surface area contributed by atoms with E-state index < -0.39 is 0 Å². The second-order valence-corrected chi connectivity index (χ2v) is 3.04. The van der Waals surface area contributed by atoms with Gasteiger partial charge >= 0.3 is 6.03 Å². The molecule has 1 heterocycles. The average Bonchev–Trinajstić information content (AvgIpc) is 2.62. The maximum absolute atomic E-state index is 11.2. The molecule has 1 aromatic heterocycles. The van der Waals surface area contributed by atoms with Gasteiger partial charge in [-0.1, -0.05) is 5.16 Å². The Labute approximate surface area is 88.0 Å². The number of aromatic nitrogens is 1. The molecule has 0 atom stereocenters. The molecule has 0 bridgehead atoms. The number of carbonyl (C=O) groups is 1. The topological polar surface area (TPSA) is 76.4 Å². The largest absolute Gasteiger partial charge is 0.383 e. The van der Waals surface area contributed by atoms with E-state index in [1.807, 2.05) is 6.92 Å². The van der Waals surface area contributed by atoms with Crippen molar-refractivity contribution in [2.75, 3.05) is 20.3 Å². The summed E-state index contributed by atoms with van der Waals surface area (Å²) in [6, 6.07) is 1.52. The highest BCUT2D eigenvalue weighted by molar-refractivity contribution is 5.73. The minimum Gasteiger partial charge on any atom is -0.383 e. The maximum Gasteiger partial charge on any atom is 0.315 e. The van der Waals surface area contributed by atoms with Crippen LogP contribution < -0.4 is 10.6 Å². The first-order chi connectivity index (χ1) is 7.22. The van der Waals surface area contributed by atoms with E-state index in [1.54, 1.807) is 13.2 Å². The predicted octanol–water partition coefficient (Wildman–Crippen LogP) is 0.429. The molecule has 84 valence electrons. The molecule has 0 aliphatic heterocycles. The number of nitrogens with zero attached hydrogens (tertiary/aromatic N) is 1. The van der Waals surface area contributed by atoms with Gasteiger partial charge in [-0.3, -0.25) is 0 Å². The monoisotopic (exact) mass is 213 g/mol. The lowest BCUT2D eigenvalue weighted by molar-refractivity contribution is 0.195. The number of rotatable bonds is 5. The van der Waals surface area contributed by atoms with Crippen LogP contribution in [0.25, 0.3) is 0 Å². The van der Waals surface area contributed by atoms with E-state index in [1.165, 1.54) is 0 Å². The van der Waals surface area contributed by atoms with Crippen LogP contribution in [0, 0.1) is 6.92 Å². The van der Waals surface area contributed by atoms with Crippen LogP contribution >= 0.6 is 0 Å². The quantitative estimate of drug-likeness (QED) is 0.695. The summed E-state index contributed by atoms with van der Waals surface area (Å²) in [6.07, 6.45) is 0. The number of aryl methyl sites for hydroxylation is 1. The van der Waals surface area contributed by atoms with Crippen molar-refractivity contribution < 1.29 is 14.1 Å². The fraction of sp³-hybridized carbons (Fsp3) is 0.556. The number of carbonyl (C=O) groups excluding carboxylic acids is 1. The number of ether oxygens (including phenoxy) is 1. The first kappa shape index (κ1) is 11.5. The van der Waals surface area contributed by atoms with Gasteiger partial charge in [-0.2, -0.15) is 0 Å². The number of hydrogen-bond donors (Lipinski definition) is 2. The van der Waals surface area contributed by atoms with Gasteiger partial charge in [0, 0.05) is 19.7 Å². The first-order valence-electron chi connectivity index (χ1n) is 4.65. The molecule has 1 rings (SSSR count). The van der Waals surface area contributed by atoms with Gasteiger partial charge < -0.3 is 19.9 Å². The Morgan fingerprint density at radius 2 is 2.40 bits per heavy atom. The molecule has 0 aromatic carbocycles. The zero-order chi connectivity index (χ0) is 11.1. The highest BCUT2D eigenvalue weighted by atomic mass is 16.5. The van der Waals surface area contributed by atoms with Gasteiger partial charge in [-0.25, -0.2) is 4.79 Å². The van der Waals surface area contributed by atoms with E-state index in [4.69, 9.17) is 9.26 Å².